The van der Waals surface area contributed by atoms with Gasteiger partial charge in [0.1, 0.15) is 6.29 Å². The highest BCUT2D eigenvalue weighted by molar-refractivity contribution is 5.50. The average Bonchev–Trinajstić information content (AvgIpc) is 2.78. The van der Waals surface area contributed by atoms with Gasteiger partial charge in [-0.15, -0.1) is 0 Å². The normalized spacial score (nSPS) is 18.7. The van der Waals surface area contributed by atoms with Crippen molar-refractivity contribution in [1.82, 2.24) is 0 Å². The second-order valence-corrected chi connectivity index (χ2v) is 9.13. The van der Waals surface area contributed by atoms with Crippen molar-refractivity contribution in [2.45, 2.75) is 83.5 Å². The molecule has 5 heteroatoms. The zero-order valence-electron chi connectivity index (χ0n) is 18.7. The van der Waals surface area contributed by atoms with Gasteiger partial charge in [0.25, 0.3) is 0 Å². The Labute approximate surface area is 188 Å². The van der Waals surface area contributed by atoms with E-state index in [-0.39, 0.29) is 30.7 Å². The molecule has 0 radical (unpaired) electrons. The van der Waals surface area contributed by atoms with Crippen molar-refractivity contribution in [2.24, 2.45) is 5.92 Å². The molecule has 0 heterocycles. The molecule has 0 bridgehead atoms. The second-order valence-electron chi connectivity index (χ2n) is 9.13. The van der Waals surface area contributed by atoms with Crippen molar-refractivity contribution in [3.8, 4) is 0 Å². The number of hydrogen-bond acceptors (Lipinski definition) is 1. The van der Waals surface area contributed by atoms with Crippen LogP contribution in [0.3, 0.4) is 0 Å². The van der Waals surface area contributed by atoms with Crippen LogP contribution in [-0.2, 0) is 17.6 Å². The first-order valence-corrected chi connectivity index (χ1v) is 11.8. The second kappa shape index (κ2) is 11.6. The van der Waals surface area contributed by atoms with E-state index in [1.54, 1.807) is 6.07 Å². The SMILES string of the molecule is CCCCCC1CCC(c2cc(Cc3cc(F)c(F)c(CCC=O)c3)cc(F)c2F)CC1. The standard InChI is InChI=1S/C27H32F4O/c1-2-3-4-6-18-8-10-21(11-9-18)23-15-20(17-25(29)27(23)31)13-19-14-22(7-5-12-32)26(30)24(28)16-19/h12,14-18,21H,2-11,13H2,1H3. The Bertz CT molecular complexity index is 916. The molecule has 0 saturated heterocycles. The summed E-state index contributed by atoms with van der Waals surface area (Å²) in [6, 6.07) is 5.42. The highest BCUT2D eigenvalue weighted by Gasteiger charge is 2.26. The van der Waals surface area contributed by atoms with E-state index in [0.29, 0.717) is 28.9 Å². The van der Waals surface area contributed by atoms with E-state index >= 15 is 0 Å². The molecule has 3 rings (SSSR count). The minimum Gasteiger partial charge on any atom is -0.303 e. The lowest BCUT2D eigenvalue weighted by molar-refractivity contribution is -0.107. The first kappa shape index (κ1) is 24.5. The third kappa shape index (κ3) is 6.20. The fourth-order valence-electron chi connectivity index (χ4n) is 4.96. The number of rotatable bonds is 10. The van der Waals surface area contributed by atoms with Gasteiger partial charge in [0.05, 0.1) is 0 Å². The highest BCUT2D eigenvalue weighted by atomic mass is 19.2. The van der Waals surface area contributed by atoms with Crippen LogP contribution in [0.2, 0.25) is 0 Å². The number of aldehydes is 1. The molecular formula is C27H32F4O. The van der Waals surface area contributed by atoms with Gasteiger partial charge in [0, 0.05) is 6.42 Å². The van der Waals surface area contributed by atoms with Crippen LogP contribution in [0.15, 0.2) is 24.3 Å². The third-order valence-electron chi connectivity index (χ3n) is 6.72. The smallest absolute Gasteiger partial charge is 0.162 e. The van der Waals surface area contributed by atoms with Gasteiger partial charge in [-0.3, -0.25) is 0 Å². The van der Waals surface area contributed by atoms with Crippen molar-refractivity contribution in [3.63, 3.8) is 0 Å². The minimum absolute atomic E-state index is 0.0139. The van der Waals surface area contributed by atoms with Crippen LogP contribution in [0.4, 0.5) is 17.6 Å². The van der Waals surface area contributed by atoms with Crippen molar-refractivity contribution in [1.29, 1.82) is 0 Å². The van der Waals surface area contributed by atoms with Gasteiger partial charge in [-0.25, -0.2) is 17.6 Å². The Morgan fingerprint density at radius 1 is 0.875 bits per heavy atom. The van der Waals surface area contributed by atoms with E-state index in [1.807, 2.05) is 0 Å². The molecule has 1 nitrogen and oxygen atoms in total. The maximum Gasteiger partial charge on any atom is 0.162 e. The highest BCUT2D eigenvalue weighted by Crippen LogP contribution is 2.39. The number of benzene rings is 2. The summed E-state index contributed by atoms with van der Waals surface area (Å²) in [5, 5.41) is 0. The molecule has 0 aliphatic heterocycles. The van der Waals surface area contributed by atoms with Crippen molar-refractivity contribution < 1.29 is 22.4 Å². The number of unbranched alkanes of at least 4 members (excludes halogenated alkanes) is 2. The number of carbonyl (C=O) groups excluding carboxylic acids is 1. The summed E-state index contributed by atoms with van der Waals surface area (Å²) >= 11 is 0. The molecule has 0 aromatic heterocycles. The fourth-order valence-corrected chi connectivity index (χ4v) is 4.96. The molecule has 1 aliphatic rings. The zero-order valence-corrected chi connectivity index (χ0v) is 18.7. The maximum atomic E-state index is 14.7. The predicted molar refractivity (Wildman–Crippen MR) is 119 cm³/mol. The van der Waals surface area contributed by atoms with E-state index in [2.05, 4.69) is 6.92 Å². The lowest BCUT2D eigenvalue weighted by Gasteiger charge is -2.29. The van der Waals surface area contributed by atoms with Crippen LogP contribution in [0, 0.1) is 29.2 Å². The molecule has 1 fully saturated rings. The number of carbonyl (C=O) groups is 1. The van der Waals surface area contributed by atoms with Gasteiger partial charge >= 0.3 is 0 Å². The fraction of sp³-hybridized carbons (Fsp3) is 0.519. The van der Waals surface area contributed by atoms with Crippen LogP contribution >= 0.6 is 0 Å². The summed E-state index contributed by atoms with van der Waals surface area (Å²) in [6.07, 6.45) is 9.65. The molecule has 0 unspecified atom stereocenters. The Hall–Kier alpha value is -2.17. The van der Waals surface area contributed by atoms with Crippen molar-refractivity contribution in [3.05, 3.63) is 69.8 Å². The first-order chi connectivity index (χ1) is 15.4. The Morgan fingerprint density at radius 3 is 2.19 bits per heavy atom. The van der Waals surface area contributed by atoms with E-state index in [9.17, 15) is 22.4 Å². The Balaban J connectivity index is 1.75. The monoisotopic (exact) mass is 448 g/mol. The van der Waals surface area contributed by atoms with Crippen LogP contribution in [0.25, 0.3) is 0 Å². The van der Waals surface area contributed by atoms with Gasteiger partial charge in [-0.05, 0) is 84.7 Å². The molecule has 0 atom stereocenters. The first-order valence-electron chi connectivity index (χ1n) is 11.8. The molecule has 0 amide bonds. The lowest BCUT2D eigenvalue weighted by atomic mass is 9.76. The molecule has 2 aromatic rings. The molecule has 32 heavy (non-hydrogen) atoms. The van der Waals surface area contributed by atoms with E-state index in [1.165, 1.54) is 31.7 Å². The van der Waals surface area contributed by atoms with Crippen LogP contribution in [-0.4, -0.2) is 6.29 Å². The maximum absolute atomic E-state index is 14.7. The van der Waals surface area contributed by atoms with E-state index < -0.39 is 23.3 Å². The lowest BCUT2D eigenvalue weighted by Crippen LogP contribution is -2.15. The minimum atomic E-state index is -0.993. The Morgan fingerprint density at radius 2 is 1.53 bits per heavy atom. The van der Waals surface area contributed by atoms with E-state index in [0.717, 1.165) is 37.8 Å². The van der Waals surface area contributed by atoms with Crippen molar-refractivity contribution in [2.75, 3.05) is 0 Å². The summed E-state index contributed by atoms with van der Waals surface area (Å²) < 4.78 is 57.1. The summed E-state index contributed by atoms with van der Waals surface area (Å²) in [5.41, 5.74) is 1.53. The van der Waals surface area contributed by atoms with Crippen molar-refractivity contribution >= 4 is 6.29 Å². The summed E-state index contributed by atoms with van der Waals surface area (Å²) in [7, 11) is 0. The summed E-state index contributed by atoms with van der Waals surface area (Å²) in [4.78, 5) is 10.6. The molecule has 1 saturated carbocycles. The van der Waals surface area contributed by atoms with Gasteiger partial charge < -0.3 is 4.79 Å². The Kier molecular flexibility index (Phi) is 8.89. The zero-order chi connectivity index (χ0) is 23.1. The molecule has 0 N–H and O–H groups in total. The summed E-state index contributed by atoms with van der Waals surface area (Å²) in [5.74, 6) is -2.99. The predicted octanol–water partition coefficient (Wildman–Crippen LogP) is 7.82. The van der Waals surface area contributed by atoms with Gasteiger partial charge in [0.2, 0.25) is 0 Å². The molecule has 2 aromatic carbocycles. The molecule has 1 aliphatic carbocycles. The number of hydrogen-bond donors (Lipinski definition) is 0. The van der Waals surface area contributed by atoms with Gasteiger partial charge in [-0.1, -0.05) is 44.7 Å². The van der Waals surface area contributed by atoms with Gasteiger partial charge in [-0.2, -0.15) is 0 Å². The molecular weight excluding hydrogens is 416 g/mol. The third-order valence-corrected chi connectivity index (χ3v) is 6.72. The average molecular weight is 449 g/mol. The number of halogens is 4. The molecule has 174 valence electrons. The summed E-state index contributed by atoms with van der Waals surface area (Å²) in [6.45, 7) is 2.19. The van der Waals surface area contributed by atoms with Gasteiger partial charge in [0.15, 0.2) is 23.3 Å². The van der Waals surface area contributed by atoms with Crippen LogP contribution in [0.1, 0.15) is 92.9 Å². The van der Waals surface area contributed by atoms with Crippen LogP contribution < -0.4 is 0 Å². The number of aryl methyl sites for hydroxylation is 1. The largest absolute Gasteiger partial charge is 0.303 e. The van der Waals surface area contributed by atoms with Crippen LogP contribution in [0.5, 0.6) is 0 Å². The quantitative estimate of drug-likeness (QED) is 0.206. The molecule has 0 spiro atoms. The van der Waals surface area contributed by atoms with E-state index in [4.69, 9.17) is 0 Å². The topological polar surface area (TPSA) is 17.1 Å².